The van der Waals surface area contributed by atoms with Crippen molar-refractivity contribution in [3.8, 4) is 12.1 Å². The van der Waals surface area contributed by atoms with E-state index in [-0.39, 0.29) is 6.61 Å². The lowest BCUT2D eigenvalue weighted by atomic mass is 10.2. The van der Waals surface area contributed by atoms with Crippen molar-refractivity contribution in [2.24, 2.45) is 0 Å². The Kier molecular flexibility index (Phi) is 11.2. The fourth-order valence-electron chi connectivity index (χ4n) is 2.22. The highest BCUT2D eigenvalue weighted by Crippen LogP contribution is 2.28. The number of ether oxygens (including phenoxy) is 2. The van der Waals surface area contributed by atoms with Crippen molar-refractivity contribution in [1.29, 1.82) is 10.5 Å². The number of aryl methyl sites for hydroxylation is 1. The Labute approximate surface area is 175 Å². The van der Waals surface area contributed by atoms with Gasteiger partial charge >= 0.3 is 0 Å². The molecule has 0 aliphatic heterocycles. The van der Waals surface area contributed by atoms with Gasteiger partial charge in [-0.1, -0.05) is 0 Å². The van der Waals surface area contributed by atoms with Crippen LogP contribution in [0.25, 0.3) is 0 Å². The van der Waals surface area contributed by atoms with E-state index in [2.05, 4.69) is 5.32 Å². The van der Waals surface area contributed by atoms with Crippen molar-refractivity contribution in [2.45, 2.75) is 13.8 Å². The van der Waals surface area contributed by atoms with Crippen molar-refractivity contribution in [2.75, 3.05) is 56.4 Å². The summed E-state index contributed by atoms with van der Waals surface area (Å²) in [4.78, 5) is 0.527. The lowest BCUT2D eigenvalue weighted by Gasteiger charge is -2.09. The van der Waals surface area contributed by atoms with E-state index in [9.17, 15) is 0 Å². The molecule has 1 heterocycles. The molecule has 0 aliphatic carbocycles. The molecule has 0 unspecified atom stereocenters. The molecule has 0 bridgehead atoms. The number of nitrogen functional groups attached to an aromatic ring is 2. The predicted molar refractivity (Wildman–Crippen MR) is 116 cm³/mol. The van der Waals surface area contributed by atoms with Gasteiger partial charge in [-0.25, -0.2) is 0 Å². The number of aliphatic hydroxyl groups excluding tert-OH is 1. The zero-order valence-corrected chi connectivity index (χ0v) is 17.5. The first-order valence-electron chi connectivity index (χ1n) is 9.00. The van der Waals surface area contributed by atoms with Gasteiger partial charge in [0, 0.05) is 17.9 Å². The summed E-state index contributed by atoms with van der Waals surface area (Å²) in [7, 11) is 0. The Morgan fingerprint density at radius 1 is 1.07 bits per heavy atom. The van der Waals surface area contributed by atoms with Crippen LogP contribution in [-0.4, -0.2) is 44.7 Å². The van der Waals surface area contributed by atoms with Crippen LogP contribution in [0.1, 0.15) is 21.6 Å². The Bertz CT molecular complexity index is 855. The highest BCUT2D eigenvalue weighted by atomic mass is 32.1. The predicted octanol–water partition coefficient (Wildman–Crippen LogP) is 2.40. The van der Waals surface area contributed by atoms with Crippen molar-refractivity contribution < 1.29 is 14.6 Å². The number of hydrogen-bond acceptors (Lipinski definition) is 9. The van der Waals surface area contributed by atoms with Gasteiger partial charge in [0.1, 0.15) is 22.0 Å². The Morgan fingerprint density at radius 2 is 1.76 bits per heavy atom. The third-order valence-corrected chi connectivity index (χ3v) is 4.87. The lowest BCUT2D eigenvalue weighted by Crippen LogP contribution is -2.13. The summed E-state index contributed by atoms with van der Waals surface area (Å²) in [5, 5.41) is 29.3. The monoisotopic (exact) mass is 417 g/mol. The maximum atomic E-state index is 8.58. The van der Waals surface area contributed by atoms with Crippen LogP contribution in [0.3, 0.4) is 0 Å². The summed E-state index contributed by atoms with van der Waals surface area (Å²) in [5.41, 5.74) is 15.3. The molecule has 0 saturated carbocycles. The van der Waals surface area contributed by atoms with Gasteiger partial charge in [0.25, 0.3) is 0 Å². The maximum absolute atomic E-state index is 8.58. The summed E-state index contributed by atoms with van der Waals surface area (Å²) in [6.07, 6.45) is 0. The second kappa shape index (κ2) is 13.4. The highest BCUT2D eigenvalue weighted by Gasteiger charge is 2.10. The van der Waals surface area contributed by atoms with E-state index in [4.69, 9.17) is 36.6 Å². The SMILES string of the molecule is Cc1c(C#N)sc(N)c1C#N.Cc1cc(NCCOCCOCCO)ccc1N. The van der Waals surface area contributed by atoms with Gasteiger partial charge in [-0.2, -0.15) is 10.5 Å². The van der Waals surface area contributed by atoms with Crippen LogP contribution in [0.15, 0.2) is 18.2 Å². The van der Waals surface area contributed by atoms with E-state index in [1.54, 1.807) is 6.92 Å². The average Bonchev–Trinajstić information content (AvgIpc) is 2.99. The molecular weight excluding hydrogens is 390 g/mol. The molecule has 1 aromatic heterocycles. The quantitative estimate of drug-likeness (QED) is 0.359. The molecule has 6 N–H and O–H groups in total. The van der Waals surface area contributed by atoms with Crippen molar-refractivity contribution >= 4 is 27.7 Å². The van der Waals surface area contributed by atoms with E-state index in [1.807, 2.05) is 37.3 Å². The zero-order chi connectivity index (χ0) is 21.6. The summed E-state index contributed by atoms with van der Waals surface area (Å²) in [6, 6.07) is 9.79. The molecule has 0 aliphatic rings. The van der Waals surface area contributed by atoms with Crippen LogP contribution in [0.2, 0.25) is 0 Å². The van der Waals surface area contributed by atoms with Crippen molar-refractivity contribution in [3.63, 3.8) is 0 Å². The van der Waals surface area contributed by atoms with E-state index in [0.29, 0.717) is 47.4 Å². The molecule has 1 aromatic carbocycles. The van der Waals surface area contributed by atoms with Crippen molar-refractivity contribution in [3.05, 3.63) is 39.8 Å². The van der Waals surface area contributed by atoms with Gasteiger partial charge in [-0.3, -0.25) is 0 Å². The fraction of sp³-hybridized carbons (Fsp3) is 0.400. The zero-order valence-electron chi connectivity index (χ0n) is 16.7. The number of nitrogens with two attached hydrogens (primary N) is 2. The molecule has 2 rings (SSSR count). The Morgan fingerprint density at radius 3 is 2.28 bits per heavy atom. The van der Waals surface area contributed by atoms with E-state index >= 15 is 0 Å². The number of benzene rings is 1. The third-order valence-electron chi connectivity index (χ3n) is 3.84. The van der Waals surface area contributed by atoms with E-state index in [0.717, 1.165) is 34.8 Å². The molecule has 0 spiro atoms. The highest BCUT2D eigenvalue weighted by molar-refractivity contribution is 7.16. The number of aliphatic hydroxyl groups is 1. The minimum absolute atomic E-state index is 0.0536. The third kappa shape index (κ3) is 8.38. The number of nitrogens with one attached hydrogen (secondary N) is 1. The van der Waals surface area contributed by atoms with Gasteiger partial charge in [0.15, 0.2) is 0 Å². The molecule has 156 valence electrons. The Balaban J connectivity index is 0.000000326. The summed E-state index contributed by atoms with van der Waals surface area (Å²) < 4.78 is 10.4. The largest absolute Gasteiger partial charge is 0.399 e. The topological polar surface area (TPSA) is 150 Å². The van der Waals surface area contributed by atoms with Gasteiger partial charge in [-0.05, 0) is 43.2 Å². The molecular formula is C20H27N5O3S. The van der Waals surface area contributed by atoms with Gasteiger partial charge in [-0.15, -0.1) is 11.3 Å². The maximum Gasteiger partial charge on any atom is 0.111 e. The molecule has 8 nitrogen and oxygen atoms in total. The number of nitriles is 2. The minimum atomic E-state index is 0.0536. The smallest absolute Gasteiger partial charge is 0.111 e. The van der Waals surface area contributed by atoms with Crippen LogP contribution < -0.4 is 16.8 Å². The van der Waals surface area contributed by atoms with Gasteiger partial charge in [0.05, 0.1) is 38.6 Å². The number of rotatable bonds is 9. The number of hydrogen-bond donors (Lipinski definition) is 4. The first kappa shape index (κ1) is 24.2. The van der Waals surface area contributed by atoms with Crippen LogP contribution in [0.4, 0.5) is 16.4 Å². The first-order chi connectivity index (χ1) is 13.9. The normalized spacial score (nSPS) is 9.83. The van der Waals surface area contributed by atoms with Crippen LogP contribution in [-0.2, 0) is 9.47 Å². The molecule has 0 saturated heterocycles. The minimum Gasteiger partial charge on any atom is -0.399 e. The molecule has 29 heavy (non-hydrogen) atoms. The summed E-state index contributed by atoms with van der Waals surface area (Å²) in [6.45, 7) is 6.54. The van der Waals surface area contributed by atoms with Crippen LogP contribution >= 0.6 is 11.3 Å². The Hall–Kier alpha value is -2.82. The average molecular weight is 418 g/mol. The second-order valence-electron chi connectivity index (χ2n) is 5.97. The lowest BCUT2D eigenvalue weighted by molar-refractivity contribution is 0.0361. The van der Waals surface area contributed by atoms with Crippen LogP contribution in [0, 0.1) is 36.5 Å². The second-order valence-corrected chi connectivity index (χ2v) is 7.02. The first-order valence-corrected chi connectivity index (χ1v) is 9.81. The molecule has 2 aromatic rings. The standard InChI is InChI=1S/C13H22N2O3.C7H5N3S/c1-11-10-12(2-3-13(11)14)15-4-6-17-8-9-18-7-5-16;1-4-5(2-8)7(10)11-6(4)3-9/h2-3,10,15-16H,4-9,14H2,1H3;10H2,1H3. The van der Waals surface area contributed by atoms with E-state index in [1.165, 1.54) is 0 Å². The molecule has 0 radical (unpaired) electrons. The van der Waals surface area contributed by atoms with Crippen LogP contribution in [0.5, 0.6) is 0 Å². The van der Waals surface area contributed by atoms with E-state index < -0.39 is 0 Å². The summed E-state index contributed by atoms with van der Waals surface area (Å²) >= 11 is 1.16. The number of thiophene rings is 1. The molecule has 0 amide bonds. The summed E-state index contributed by atoms with van der Waals surface area (Å²) in [5.74, 6) is 0. The number of nitrogens with zero attached hydrogens (tertiary/aromatic N) is 2. The number of anilines is 3. The fourth-order valence-corrected chi connectivity index (χ4v) is 3.04. The van der Waals surface area contributed by atoms with Gasteiger partial charge in [0.2, 0.25) is 0 Å². The van der Waals surface area contributed by atoms with Crippen molar-refractivity contribution in [1.82, 2.24) is 0 Å². The molecule has 0 atom stereocenters. The van der Waals surface area contributed by atoms with Gasteiger partial charge < -0.3 is 31.4 Å². The molecule has 9 heteroatoms. The molecule has 0 fully saturated rings.